The first kappa shape index (κ1) is 14.9. The van der Waals surface area contributed by atoms with Crippen LogP contribution in [0.15, 0.2) is 42.5 Å². The van der Waals surface area contributed by atoms with Crippen LogP contribution < -0.4 is 14.8 Å². The van der Waals surface area contributed by atoms with Crippen LogP contribution in [0.25, 0.3) is 0 Å². The molecule has 0 fully saturated rings. The second-order valence-corrected chi connectivity index (χ2v) is 5.75. The fourth-order valence-corrected chi connectivity index (χ4v) is 3.14. The van der Waals surface area contributed by atoms with E-state index in [2.05, 4.69) is 42.6 Å². The summed E-state index contributed by atoms with van der Waals surface area (Å²) in [5, 5.41) is 3.77. The maximum absolute atomic E-state index is 5.41. The van der Waals surface area contributed by atoms with Gasteiger partial charge in [0.1, 0.15) is 11.5 Å². The first-order valence-corrected chi connectivity index (χ1v) is 7.82. The van der Waals surface area contributed by atoms with Gasteiger partial charge in [0.05, 0.1) is 20.3 Å². The van der Waals surface area contributed by atoms with Gasteiger partial charge in [-0.15, -0.1) is 0 Å². The molecule has 1 N–H and O–H groups in total. The molecule has 0 saturated carbocycles. The second kappa shape index (κ2) is 6.41. The van der Waals surface area contributed by atoms with Crippen molar-refractivity contribution in [2.75, 3.05) is 14.2 Å². The molecule has 3 nitrogen and oxygen atoms in total. The Morgan fingerprint density at radius 1 is 1.00 bits per heavy atom. The molecule has 0 radical (unpaired) electrons. The van der Waals surface area contributed by atoms with Crippen molar-refractivity contribution >= 4 is 0 Å². The minimum Gasteiger partial charge on any atom is -0.497 e. The van der Waals surface area contributed by atoms with Crippen LogP contribution in [0.2, 0.25) is 0 Å². The van der Waals surface area contributed by atoms with Crippen molar-refractivity contribution in [1.82, 2.24) is 5.32 Å². The molecule has 0 amide bonds. The number of hydrogen-bond donors (Lipinski definition) is 1. The van der Waals surface area contributed by atoms with E-state index in [0.29, 0.717) is 6.04 Å². The van der Waals surface area contributed by atoms with Crippen LogP contribution in [0.3, 0.4) is 0 Å². The van der Waals surface area contributed by atoms with Gasteiger partial charge >= 0.3 is 0 Å². The Morgan fingerprint density at radius 2 is 1.68 bits per heavy atom. The highest BCUT2D eigenvalue weighted by Crippen LogP contribution is 2.34. The fourth-order valence-electron chi connectivity index (χ4n) is 3.14. The van der Waals surface area contributed by atoms with Crippen LogP contribution in [0.4, 0.5) is 0 Å². The summed E-state index contributed by atoms with van der Waals surface area (Å²) in [5.74, 6) is 1.80. The molecule has 2 aromatic rings. The quantitative estimate of drug-likeness (QED) is 0.933. The molecular formula is C19H23NO2. The van der Waals surface area contributed by atoms with Crippen molar-refractivity contribution in [2.45, 2.75) is 31.8 Å². The summed E-state index contributed by atoms with van der Waals surface area (Å²) >= 11 is 0. The molecule has 1 heterocycles. The van der Waals surface area contributed by atoms with E-state index in [1.807, 2.05) is 12.1 Å². The summed E-state index contributed by atoms with van der Waals surface area (Å²) < 4.78 is 10.7. The molecule has 0 bridgehead atoms. The van der Waals surface area contributed by atoms with Gasteiger partial charge in [0.25, 0.3) is 0 Å². The maximum Gasteiger partial charge on any atom is 0.119 e. The Hall–Kier alpha value is -2.00. The summed E-state index contributed by atoms with van der Waals surface area (Å²) in [6, 6.07) is 15.4. The van der Waals surface area contributed by atoms with E-state index in [0.717, 1.165) is 24.3 Å². The Balaban J connectivity index is 2.01. The summed E-state index contributed by atoms with van der Waals surface area (Å²) in [7, 11) is 3.41. The van der Waals surface area contributed by atoms with Crippen LogP contribution >= 0.6 is 0 Å². The van der Waals surface area contributed by atoms with Crippen molar-refractivity contribution in [3.05, 3.63) is 59.2 Å². The summed E-state index contributed by atoms with van der Waals surface area (Å²) in [5.41, 5.74) is 3.98. The number of hydrogen-bond acceptors (Lipinski definition) is 3. The van der Waals surface area contributed by atoms with Crippen molar-refractivity contribution < 1.29 is 9.47 Å². The third kappa shape index (κ3) is 2.81. The summed E-state index contributed by atoms with van der Waals surface area (Å²) in [6.45, 7) is 2.23. The fraction of sp³-hybridized carbons (Fsp3) is 0.368. The smallest absolute Gasteiger partial charge is 0.119 e. The SMILES string of the molecule is CCC1Cc2ccc(OC)cc2C(c2ccc(OC)cc2)N1. The highest BCUT2D eigenvalue weighted by atomic mass is 16.5. The van der Waals surface area contributed by atoms with Crippen LogP contribution in [-0.4, -0.2) is 20.3 Å². The molecule has 2 unspecified atom stereocenters. The average Bonchev–Trinajstić information content (AvgIpc) is 2.60. The van der Waals surface area contributed by atoms with Gasteiger partial charge in [-0.05, 0) is 53.8 Å². The molecule has 116 valence electrons. The summed E-state index contributed by atoms with van der Waals surface area (Å²) in [6.07, 6.45) is 2.20. The maximum atomic E-state index is 5.41. The van der Waals surface area contributed by atoms with Crippen molar-refractivity contribution in [1.29, 1.82) is 0 Å². The van der Waals surface area contributed by atoms with Gasteiger partial charge in [0.15, 0.2) is 0 Å². The molecule has 0 saturated heterocycles. The molecule has 22 heavy (non-hydrogen) atoms. The normalized spacial score (nSPS) is 20.3. The standard InChI is InChI=1S/C19H23NO2/c1-4-15-11-14-7-10-17(22-3)12-18(14)19(20-15)13-5-8-16(21-2)9-6-13/h5-10,12,15,19-20H,4,11H2,1-3H3. The number of rotatable bonds is 4. The Kier molecular flexibility index (Phi) is 4.34. The van der Waals surface area contributed by atoms with Crippen LogP contribution in [0.1, 0.15) is 36.1 Å². The Morgan fingerprint density at radius 3 is 2.32 bits per heavy atom. The molecule has 3 rings (SSSR count). The van der Waals surface area contributed by atoms with Gasteiger partial charge in [0, 0.05) is 6.04 Å². The molecule has 1 aliphatic rings. The van der Waals surface area contributed by atoms with Gasteiger partial charge in [-0.3, -0.25) is 0 Å². The largest absolute Gasteiger partial charge is 0.497 e. The minimum atomic E-state index is 0.203. The lowest BCUT2D eigenvalue weighted by atomic mass is 9.86. The molecule has 2 aromatic carbocycles. The number of benzene rings is 2. The molecule has 0 aromatic heterocycles. The topological polar surface area (TPSA) is 30.5 Å². The molecule has 0 spiro atoms. The monoisotopic (exact) mass is 297 g/mol. The lowest BCUT2D eigenvalue weighted by Crippen LogP contribution is -2.39. The zero-order valence-corrected chi connectivity index (χ0v) is 13.4. The summed E-state index contributed by atoms with van der Waals surface area (Å²) in [4.78, 5) is 0. The zero-order valence-electron chi connectivity index (χ0n) is 13.4. The third-order valence-corrected chi connectivity index (χ3v) is 4.47. The average molecular weight is 297 g/mol. The van der Waals surface area contributed by atoms with Gasteiger partial charge in [-0.25, -0.2) is 0 Å². The van der Waals surface area contributed by atoms with Gasteiger partial charge in [-0.2, -0.15) is 0 Å². The Labute approximate surface area is 132 Å². The predicted molar refractivity (Wildman–Crippen MR) is 88.7 cm³/mol. The van der Waals surface area contributed by atoms with E-state index in [4.69, 9.17) is 9.47 Å². The van der Waals surface area contributed by atoms with Crippen molar-refractivity contribution in [3.63, 3.8) is 0 Å². The molecule has 1 aliphatic heterocycles. The Bertz CT molecular complexity index is 636. The lowest BCUT2D eigenvalue weighted by molar-refractivity contribution is 0.403. The van der Waals surface area contributed by atoms with Crippen molar-refractivity contribution in [2.24, 2.45) is 0 Å². The van der Waals surface area contributed by atoms with Gasteiger partial charge < -0.3 is 14.8 Å². The first-order valence-electron chi connectivity index (χ1n) is 7.82. The highest BCUT2D eigenvalue weighted by Gasteiger charge is 2.26. The zero-order chi connectivity index (χ0) is 15.5. The van der Waals surface area contributed by atoms with Crippen LogP contribution in [0, 0.1) is 0 Å². The molecule has 2 atom stereocenters. The second-order valence-electron chi connectivity index (χ2n) is 5.75. The predicted octanol–water partition coefficient (Wildman–Crippen LogP) is 3.72. The third-order valence-electron chi connectivity index (χ3n) is 4.47. The molecular weight excluding hydrogens is 274 g/mol. The van der Waals surface area contributed by atoms with E-state index in [-0.39, 0.29) is 6.04 Å². The molecule has 0 aliphatic carbocycles. The number of nitrogens with one attached hydrogen (secondary N) is 1. The van der Waals surface area contributed by atoms with E-state index in [1.54, 1.807) is 14.2 Å². The minimum absolute atomic E-state index is 0.203. The first-order chi connectivity index (χ1) is 10.7. The highest BCUT2D eigenvalue weighted by molar-refractivity contribution is 5.45. The van der Waals surface area contributed by atoms with E-state index >= 15 is 0 Å². The number of ether oxygens (including phenoxy) is 2. The number of fused-ring (bicyclic) bond motifs is 1. The number of methoxy groups -OCH3 is 2. The van der Waals surface area contributed by atoms with Gasteiger partial charge in [-0.1, -0.05) is 25.1 Å². The van der Waals surface area contributed by atoms with E-state index < -0.39 is 0 Å². The lowest BCUT2D eigenvalue weighted by Gasteiger charge is -2.33. The molecule has 3 heteroatoms. The van der Waals surface area contributed by atoms with E-state index in [9.17, 15) is 0 Å². The van der Waals surface area contributed by atoms with Crippen LogP contribution in [0.5, 0.6) is 11.5 Å². The van der Waals surface area contributed by atoms with Crippen molar-refractivity contribution in [3.8, 4) is 11.5 Å². The van der Waals surface area contributed by atoms with E-state index in [1.165, 1.54) is 16.7 Å². The van der Waals surface area contributed by atoms with Gasteiger partial charge in [0.2, 0.25) is 0 Å². The van der Waals surface area contributed by atoms with Crippen LogP contribution in [-0.2, 0) is 6.42 Å².